The largest absolute Gasteiger partial charge is 0.465 e. The van der Waals surface area contributed by atoms with Crippen molar-refractivity contribution < 1.29 is 14.3 Å². The number of nitrogens with zero attached hydrogens (tertiary/aromatic N) is 2. The Morgan fingerprint density at radius 1 is 1.52 bits per heavy atom. The van der Waals surface area contributed by atoms with Crippen molar-refractivity contribution in [3.63, 3.8) is 0 Å². The summed E-state index contributed by atoms with van der Waals surface area (Å²) >= 11 is 1.66. The molecule has 6 nitrogen and oxygen atoms in total. The quantitative estimate of drug-likeness (QED) is 0.855. The fourth-order valence-corrected chi connectivity index (χ4v) is 3.84. The molecule has 1 unspecified atom stereocenters. The van der Waals surface area contributed by atoms with Gasteiger partial charge in [-0.15, -0.1) is 11.3 Å². The van der Waals surface area contributed by atoms with Crippen LogP contribution in [0.2, 0.25) is 0 Å². The molecule has 1 N–H and O–H groups in total. The highest BCUT2D eigenvalue weighted by Gasteiger charge is 2.31. The lowest BCUT2D eigenvalue weighted by atomic mass is 9.91. The number of fused-ring (bicyclic) bond motifs is 1. The van der Waals surface area contributed by atoms with Crippen molar-refractivity contribution in [2.45, 2.75) is 32.1 Å². The SMILES string of the molecule is CCOC(=O)C1CCCc2sc(NN3CCOCC3)nc21. The zero-order chi connectivity index (χ0) is 14.7. The van der Waals surface area contributed by atoms with Crippen molar-refractivity contribution in [3.05, 3.63) is 10.6 Å². The fraction of sp³-hybridized carbons (Fsp3) is 0.714. The molecular weight excluding hydrogens is 290 g/mol. The predicted molar refractivity (Wildman–Crippen MR) is 80.4 cm³/mol. The number of nitrogens with one attached hydrogen (secondary N) is 1. The maximum absolute atomic E-state index is 12.1. The summed E-state index contributed by atoms with van der Waals surface area (Å²) in [7, 11) is 0. The zero-order valence-corrected chi connectivity index (χ0v) is 13.1. The summed E-state index contributed by atoms with van der Waals surface area (Å²) in [6.45, 7) is 5.45. The van der Waals surface area contributed by atoms with E-state index >= 15 is 0 Å². The Balaban J connectivity index is 1.72. The molecule has 3 rings (SSSR count). The van der Waals surface area contributed by atoms with Crippen LogP contribution in [-0.2, 0) is 20.7 Å². The summed E-state index contributed by atoms with van der Waals surface area (Å²) in [5.41, 5.74) is 4.26. The second-order valence-corrected chi connectivity index (χ2v) is 6.32. The highest BCUT2D eigenvalue weighted by Crippen LogP contribution is 2.37. The van der Waals surface area contributed by atoms with Gasteiger partial charge in [0.15, 0.2) is 5.13 Å². The fourth-order valence-electron chi connectivity index (χ4n) is 2.75. The van der Waals surface area contributed by atoms with Gasteiger partial charge in [0.2, 0.25) is 0 Å². The second kappa shape index (κ2) is 6.72. The lowest BCUT2D eigenvalue weighted by Crippen LogP contribution is -2.40. The summed E-state index contributed by atoms with van der Waals surface area (Å²) in [5.74, 6) is -0.327. The molecular formula is C14H21N3O3S. The number of anilines is 1. The summed E-state index contributed by atoms with van der Waals surface area (Å²) in [6, 6.07) is 0. The van der Waals surface area contributed by atoms with E-state index in [0.717, 1.165) is 56.4 Å². The van der Waals surface area contributed by atoms with Crippen LogP contribution in [0.1, 0.15) is 36.3 Å². The molecule has 0 bridgehead atoms. The molecule has 0 radical (unpaired) electrons. The minimum Gasteiger partial charge on any atom is -0.465 e. The van der Waals surface area contributed by atoms with Gasteiger partial charge in [-0.2, -0.15) is 0 Å². The summed E-state index contributed by atoms with van der Waals surface area (Å²) < 4.78 is 10.5. The van der Waals surface area contributed by atoms with Crippen LogP contribution in [-0.4, -0.2) is 48.9 Å². The van der Waals surface area contributed by atoms with Gasteiger partial charge in [0.05, 0.1) is 25.5 Å². The smallest absolute Gasteiger partial charge is 0.315 e. The van der Waals surface area contributed by atoms with E-state index < -0.39 is 0 Å². The second-order valence-electron chi connectivity index (χ2n) is 5.24. The lowest BCUT2D eigenvalue weighted by molar-refractivity contribution is -0.145. The first-order valence-corrected chi connectivity index (χ1v) is 8.35. The van der Waals surface area contributed by atoms with Crippen molar-refractivity contribution in [1.82, 2.24) is 9.99 Å². The summed E-state index contributed by atoms with van der Waals surface area (Å²) in [4.78, 5) is 17.9. The summed E-state index contributed by atoms with van der Waals surface area (Å²) in [5, 5.41) is 2.99. The van der Waals surface area contributed by atoms with Crippen LogP contribution in [0.4, 0.5) is 5.13 Å². The molecule has 1 saturated heterocycles. The van der Waals surface area contributed by atoms with Crippen LogP contribution in [0, 0.1) is 0 Å². The van der Waals surface area contributed by atoms with Gasteiger partial charge in [0.1, 0.15) is 5.92 Å². The zero-order valence-electron chi connectivity index (χ0n) is 12.3. The van der Waals surface area contributed by atoms with Crippen molar-refractivity contribution >= 4 is 22.4 Å². The van der Waals surface area contributed by atoms with Crippen LogP contribution in [0.15, 0.2) is 0 Å². The third-order valence-corrected chi connectivity index (χ3v) is 4.83. The van der Waals surface area contributed by atoms with Gasteiger partial charge in [-0.05, 0) is 26.2 Å². The van der Waals surface area contributed by atoms with Crippen LogP contribution in [0.5, 0.6) is 0 Å². The Kier molecular flexibility index (Phi) is 4.72. The Morgan fingerprint density at radius 2 is 2.33 bits per heavy atom. The number of ether oxygens (including phenoxy) is 2. The van der Waals surface area contributed by atoms with Crippen molar-refractivity contribution in [3.8, 4) is 0 Å². The first kappa shape index (κ1) is 14.7. The van der Waals surface area contributed by atoms with Crippen molar-refractivity contribution in [2.24, 2.45) is 0 Å². The molecule has 7 heteroatoms. The molecule has 1 aliphatic carbocycles. The van der Waals surface area contributed by atoms with Crippen molar-refractivity contribution in [2.75, 3.05) is 38.3 Å². The minimum absolute atomic E-state index is 0.137. The van der Waals surface area contributed by atoms with Gasteiger partial charge < -0.3 is 9.47 Å². The van der Waals surface area contributed by atoms with Crippen LogP contribution >= 0.6 is 11.3 Å². The van der Waals surface area contributed by atoms with E-state index in [2.05, 4.69) is 15.4 Å². The molecule has 0 saturated carbocycles. The van der Waals surface area contributed by atoms with E-state index in [0.29, 0.717) is 6.61 Å². The van der Waals surface area contributed by atoms with Crippen LogP contribution < -0.4 is 5.43 Å². The van der Waals surface area contributed by atoms with E-state index in [1.807, 2.05) is 6.92 Å². The number of morpholine rings is 1. The highest BCUT2D eigenvalue weighted by atomic mass is 32.1. The number of aryl methyl sites for hydroxylation is 1. The number of carbonyl (C=O) groups excluding carboxylic acids is 1. The Labute approximate surface area is 128 Å². The molecule has 2 heterocycles. The van der Waals surface area contributed by atoms with Gasteiger partial charge in [0.25, 0.3) is 0 Å². The number of aromatic nitrogens is 1. The van der Waals surface area contributed by atoms with Gasteiger partial charge >= 0.3 is 5.97 Å². The van der Waals surface area contributed by atoms with Crippen LogP contribution in [0.25, 0.3) is 0 Å². The number of esters is 1. The number of carbonyl (C=O) groups is 1. The topological polar surface area (TPSA) is 63.7 Å². The van der Waals surface area contributed by atoms with Crippen molar-refractivity contribution in [1.29, 1.82) is 0 Å². The van der Waals surface area contributed by atoms with E-state index in [9.17, 15) is 4.79 Å². The first-order valence-electron chi connectivity index (χ1n) is 7.53. The average Bonchev–Trinajstić information content (AvgIpc) is 2.90. The van der Waals surface area contributed by atoms with E-state index in [1.54, 1.807) is 11.3 Å². The van der Waals surface area contributed by atoms with Gasteiger partial charge in [0, 0.05) is 18.0 Å². The third-order valence-electron chi connectivity index (χ3n) is 3.79. The number of hydrogen-bond donors (Lipinski definition) is 1. The first-order chi connectivity index (χ1) is 10.3. The Hall–Kier alpha value is -1.18. The number of hydrazine groups is 1. The number of thiazole rings is 1. The van der Waals surface area contributed by atoms with E-state index in [4.69, 9.17) is 9.47 Å². The molecule has 2 aliphatic rings. The van der Waals surface area contributed by atoms with E-state index in [-0.39, 0.29) is 11.9 Å². The predicted octanol–water partition coefficient (Wildman–Crippen LogP) is 1.79. The Bertz CT molecular complexity index is 500. The highest BCUT2D eigenvalue weighted by molar-refractivity contribution is 7.15. The summed E-state index contributed by atoms with van der Waals surface area (Å²) in [6.07, 6.45) is 2.87. The maximum Gasteiger partial charge on any atom is 0.315 e. The molecule has 1 fully saturated rings. The Morgan fingerprint density at radius 3 is 3.10 bits per heavy atom. The minimum atomic E-state index is -0.190. The number of hydrogen-bond acceptors (Lipinski definition) is 7. The normalized spacial score (nSPS) is 22.6. The molecule has 1 aliphatic heterocycles. The molecule has 0 amide bonds. The monoisotopic (exact) mass is 311 g/mol. The molecule has 0 aromatic carbocycles. The molecule has 1 atom stereocenters. The lowest BCUT2D eigenvalue weighted by Gasteiger charge is -2.26. The molecule has 1 aromatic heterocycles. The van der Waals surface area contributed by atoms with Gasteiger partial charge in [-0.3, -0.25) is 10.2 Å². The maximum atomic E-state index is 12.1. The molecule has 116 valence electrons. The molecule has 1 aromatic rings. The standard InChI is InChI=1S/C14H21N3O3S/c1-2-20-13(18)10-4-3-5-11-12(10)15-14(21-11)16-17-6-8-19-9-7-17/h10H,2-9H2,1H3,(H,15,16). The molecule has 21 heavy (non-hydrogen) atoms. The van der Waals surface area contributed by atoms with Gasteiger partial charge in [-0.1, -0.05) is 0 Å². The number of rotatable bonds is 4. The third kappa shape index (κ3) is 3.36. The average molecular weight is 311 g/mol. The van der Waals surface area contributed by atoms with Crippen LogP contribution in [0.3, 0.4) is 0 Å². The van der Waals surface area contributed by atoms with E-state index in [1.165, 1.54) is 4.88 Å². The van der Waals surface area contributed by atoms with Gasteiger partial charge in [-0.25, -0.2) is 9.99 Å². The molecule has 0 spiro atoms.